The summed E-state index contributed by atoms with van der Waals surface area (Å²) in [7, 11) is -3.66. The highest BCUT2D eigenvalue weighted by Gasteiger charge is 2.19. The zero-order valence-electron chi connectivity index (χ0n) is 13.1. The number of nitriles is 2. The number of alkyl halides is 2. The van der Waals surface area contributed by atoms with E-state index in [-0.39, 0.29) is 22.6 Å². The third-order valence-electron chi connectivity index (χ3n) is 3.65. The predicted molar refractivity (Wildman–Crippen MR) is 96.0 cm³/mol. The quantitative estimate of drug-likeness (QED) is 0.653. The summed E-state index contributed by atoms with van der Waals surface area (Å²) in [6.45, 7) is 0. The third kappa shape index (κ3) is 4.52. The van der Waals surface area contributed by atoms with Crippen molar-refractivity contribution in [2.45, 2.75) is 33.4 Å². The van der Waals surface area contributed by atoms with E-state index in [2.05, 4.69) is 0 Å². The van der Waals surface area contributed by atoms with Crippen LogP contribution in [0.1, 0.15) is 34.7 Å². The fourth-order valence-electron chi connectivity index (χ4n) is 2.24. The standard InChI is InChI=1S/C18H14Cl2N2O2S/c19-17(9-11-21)13-1-5-15(6-2-13)25(23,24)16-7-3-14(4-8-16)18(20)10-12-22/h1-8,17-18H,9-10H2. The second kappa shape index (κ2) is 8.36. The van der Waals surface area contributed by atoms with Crippen LogP contribution in [0.5, 0.6) is 0 Å². The van der Waals surface area contributed by atoms with Gasteiger partial charge in [0.1, 0.15) is 0 Å². The minimum atomic E-state index is -3.66. The van der Waals surface area contributed by atoms with Gasteiger partial charge in [0.15, 0.2) is 0 Å². The van der Waals surface area contributed by atoms with Crippen molar-refractivity contribution in [3.8, 4) is 12.1 Å². The molecule has 2 unspecified atom stereocenters. The van der Waals surface area contributed by atoms with Gasteiger partial charge < -0.3 is 0 Å². The minimum absolute atomic E-state index is 0.143. The topological polar surface area (TPSA) is 81.7 Å². The molecule has 7 heteroatoms. The molecule has 0 saturated heterocycles. The number of nitrogens with zero attached hydrogens (tertiary/aromatic N) is 2. The normalized spacial score (nSPS) is 13.4. The van der Waals surface area contributed by atoms with Gasteiger partial charge in [-0.1, -0.05) is 24.3 Å². The molecule has 0 aliphatic carbocycles. The summed E-state index contributed by atoms with van der Waals surface area (Å²) in [5.74, 6) is 0. The lowest BCUT2D eigenvalue weighted by molar-refractivity contribution is 0.596. The lowest BCUT2D eigenvalue weighted by Crippen LogP contribution is -2.03. The second-order valence-electron chi connectivity index (χ2n) is 5.30. The number of sulfone groups is 1. The van der Waals surface area contributed by atoms with E-state index < -0.39 is 20.6 Å². The van der Waals surface area contributed by atoms with Gasteiger partial charge in [0.25, 0.3) is 0 Å². The first-order valence-corrected chi connectivity index (χ1v) is 9.72. The number of halogens is 2. The van der Waals surface area contributed by atoms with Gasteiger partial charge in [0.05, 0.1) is 45.5 Å². The molecular weight excluding hydrogens is 379 g/mol. The molecule has 0 bridgehead atoms. The molecule has 2 aromatic carbocycles. The van der Waals surface area contributed by atoms with Crippen molar-refractivity contribution in [1.82, 2.24) is 0 Å². The van der Waals surface area contributed by atoms with E-state index in [4.69, 9.17) is 33.7 Å². The van der Waals surface area contributed by atoms with Crippen LogP contribution in [0.15, 0.2) is 58.3 Å². The van der Waals surface area contributed by atoms with Crippen molar-refractivity contribution in [3.05, 3.63) is 59.7 Å². The first kappa shape index (κ1) is 19.3. The maximum Gasteiger partial charge on any atom is 0.206 e. The number of hydrogen-bond donors (Lipinski definition) is 0. The highest BCUT2D eigenvalue weighted by Crippen LogP contribution is 2.29. The summed E-state index contributed by atoms with van der Waals surface area (Å²) >= 11 is 12.1. The monoisotopic (exact) mass is 392 g/mol. The number of hydrogen-bond acceptors (Lipinski definition) is 4. The van der Waals surface area contributed by atoms with Crippen LogP contribution in [0.4, 0.5) is 0 Å². The Kier molecular flexibility index (Phi) is 6.45. The van der Waals surface area contributed by atoms with Crippen LogP contribution in [-0.2, 0) is 9.84 Å². The molecule has 0 aromatic heterocycles. The van der Waals surface area contributed by atoms with Crippen molar-refractivity contribution >= 4 is 33.0 Å². The van der Waals surface area contributed by atoms with E-state index in [1.807, 2.05) is 12.1 Å². The van der Waals surface area contributed by atoms with E-state index in [1.165, 1.54) is 24.3 Å². The van der Waals surface area contributed by atoms with Gasteiger partial charge in [-0.25, -0.2) is 8.42 Å². The highest BCUT2D eigenvalue weighted by molar-refractivity contribution is 7.91. The molecule has 25 heavy (non-hydrogen) atoms. The molecule has 4 nitrogen and oxygen atoms in total. The average Bonchev–Trinajstić information content (AvgIpc) is 2.62. The Labute approximate surface area is 157 Å². The summed E-state index contributed by atoms with van der Waals surface area (Å²) in [6.07, 6.45) is 0.300. The van der Waals surface area contributed by atoms with E-state index in [9.17, 15) is 8.42 Å². The summed E-state index contributed by atoms with van der Waals surface area (Å²) in [5.41, 5.74) is 1.39. The summed E-state index contributed by atoms with van der Waals surface area (Å²) in [5, 5.41) is 16.4. The van der Waals surface area contributed by atoms with Crippen LogP contribution >= 0.6 is 23.2 Å². The van der Waals surface area contributed by atoms with Gasteiger partial charge in [-0.2, -0.15) is 10.5 Å². The number of benzene rings is 2. The molecule has 0 saturated carbocycles. The van der Waals surface area contributed by atoms with Gasteiger partial charge in [-0.15, -0.1) is 23.2 Å². The molecule has 0 radical (unpaired) electrons. The maximum atomic E-state index is 12.7. The van der Waals surface area contributed by atoms with Crippen LogP contribution in [0.3, 0.4) is 0 Å². The van der Waals surface area contributed by atoms with Gasteiger partial charge >= 0.3 is 0 Å². The fourth-order valence-corrected chi connectivity index (χ4v) is 3.93. The molecule has 0 heterocycles. The number of rotatable bonds is 6. The van der Waals surface area contributed by atoms with E-state index in [0.717, 1.165) is 0 Å². The zero-order valence-corrected chi connectivity index (χ0v) is 15.4. The predicted octanol–water partition coefficient (Wildman–Crippen LogP) is 4.91. The molecule has 0 spiro atoms. The molecule has 0 aliphatic rings. The Morgan fingerprint density at radius 3 is 1.36 bits per heavy atom. The van der Waals surface area contributed by atoms with Crippen molar-refractivity contribution in [2.75, 3.05) is 0 Å². The van der Waals surface area contributed by atoms with Gasteiger partial charge in [-0.05, 0) is 35.4 Å². The van der Waals surface area contributed by atoms with E-state index >= 15 is 0 Å². The molecule has 0 amide bonds. The van der Waals surface area contributed by atoms with Crippen LogP contribution < -0.4 is 0 Å². The smallest absolute Gasteiger partial charge is 0.206 e. The van der Waals surface area contributed by atoms with Crippen LogP contribution in [-0.4, -0.2) is 8.42 Å². The Hall–Kier alpha value is -2.05. The first-order valence-electron chi connectivity index (χ1n) is 7.37. The molecular formula is C18H14Cl2N2O2S. The van der Waals surface area contributed by atoms with Gasteiger partial charge in [-0.3, -0.25) is 0 Å². The lowest BCUT2D eigenvalue weighted by Gasteiger charge is -2.10. The molecule has 2 atom stereocenters. The summed E-state index contributed by atoms with van der Waals surface area (Å²) < 4.78 is 25.4. The Bertz CT molecular complexity index is 840. The zero-order chi connectivity index (χ0) is 18.4. The molecule has 2 rings (SSSR count). The van der Waals surface area contributed by atoms with Gasteiger partial charge in [0.2, 0.25) is 9.84 Å². The first-order chi connectivity index (χ1) is 11.9. The third-order valence-corrected chi connectivity index (χ3v) is 6.24. The van der Waals surface area contributed by atoms with Crippen molar-refractivity contribution < 1.29 is 8.42 Å². The van der Waals surface area contributed by atoms with Crippen LogP contribution in [0, 0.1) is 22.7 Å². The summed E-state index contributed by atoms with van der Waals surface area (Å²) in [4.78, 5) is 0.286. The van der Waals surface area contributed by atoms with Crippen molar-refractivity contribution in [2.24, 2.45) is 0 Å². The van der Waals surface area contributed by atoms with E-state index in [0.29, 0.717) is 11.1 Å². The van der Waals surface area contributed by atoms with Gasteiger partial charge in [0, 0.05) is 0 Å². The molecule has 0 N–H and O–H groups in total. The Morgan fingerprint density at radius 1 is 0.760 bits per heavy atom. The summed E-state index contributed by atoms with van der Waals surface area (Å²) in [6, 6.07) is 16.3. The van der Waals surface area contributed by atoms with Crippen LogP contribution in [0.2, 0.25) is 0 Å². The average molecular weight is 393 g/mol. The molecule has 128 valence electrons. The molecule has 0 aliphatic heterocycles. The molecule has 0 fully saturated rings. The molecule has 2 aromatic rings. The maximum absolute atomic E-state index is 12.7. The minimum Gasteiger partial charge on any atom is -0.219 e. The highest BCUT2D eigenvalue weighted by atomic mass is 35.5. The Balaban J connectivity index is 2.27. The van der Waals surface area contributed by atoms with Crippen molar-refractivity contribution in [3.63, 3.8) is 0 Å². The largest absolute Gasteiger partial charge is 0.219 e. The van der Waals surface area contributed by atoms with E-state index in [1.54, 1.807) is 24.3 Å². The SMILES string of the molecule is N#CCC(Cl)c1ccc(S(=O)(=O)c2ccc(C(Cl)CC#N)cc2)cc1. The van der Waals surface area contributed by atoms with Crippen molar-refractivity contribution in [1.29, 1.82) is 10.5 Å². The second-order valence-corrected chi connectivity index (χ2v) is 8.30. The lowest BCUT2D eigenvalue weighted by atomic mass is 10.1. The van der Waals surface area contributed by atoms with Crippen LogP contribution in [0.25, 0.3) is 0 Å². The Morgan fingerprint density at radius 2 is 1.08 bits per heavy atom. The fraction of sp³-hybridized carbons (Fsp3) is 0.222.